The molecule has 1 atom stereocenters. The van der Waals surface area contributed by atoms with Gasteiger partial charge in [-0.05, 0) is 43.7 Å². The van der Waals surface area contributed by atoms with Gasteiger partial charge in [-0.1, -0.05) is 6.92 Å². The van der Waals surface area contributed by atoms with Gasteiger partial charge in [0.2, 0.25) is 5.82 Å². The minimum atomic E-state index is -0.243. The molecule has 0 aliphatic rings. The van der Waals surface area contributed by atoms with Gasteiger partial charge in [0, 0.05) is 18.4 Å². The first kappa shape index (κ1) is 14.2. The number of nitrogens with one attached hydrogen (secondary N) is 1. The predicted octanol–water partition coefficient (Wildman–Crippen LogP) is 2.86. The molecule has 20 heavy (non-hydrogen) atoms. The quantitative estimate of drug-likeness (QED) is 0.931. The average Bonchev–Trinajstić information content (AvgIpc) is 2.89. The van der Waals surface area contributed by atoms with Gasteiger partial charge in [-0.25, -0.2) is 9.37 Å². The van der Waals surface area contributed by atoms with Crippen LogP contribution in [0.1, 0.15) is 36.8 Å². The van der Waals surface area contributed by atoms with Crippen LogP contribution in [0.25, 0.3) is 5.69 Å². The van der Waals surface area contributed by atoms with Crippen LogP contribution in [0.5, 0.6) is 0 Å². The molecule has 1 N–H and O–H groups in total. The van der Waals surface area contributed by atoms with Gasteiger partial charge < -0.3 is 5.32 Å². The summed E-state index contributed by atoms with van der Waals surface area (Å²) in [6.45, 7) is 6.47. The molecular formula is C15H17FN4. The molecule has 2 rings (SSSR count). The van der Waals surface area contributed by atoms with Crippen LogP contribution >= 0.6 is 0 Å². The van der Waals surface area contributed by atoms with Gasteiger partial charge in [-0.2, -0.15) is 5.26 Å². The Hall–Kier alpha value is -2.19. The van der Waals surface area contributed by atoms with E-state index in [1.807, 2.05) is 19.9 Å². The first-order valence-corrected chi connectivity index (χ1v) is 6.55. The topological polar surface area (TPSA) is 53.6 Å². The smallest absolute Gasteiger partial charge is 0.217 e. The van der Waals surface area contributed by atoms with Gasteiger partial charge in [0.1, 0.15) is 11.9 Å². The van der Waals surface area contributed by atoms with E-state index in [0.29, 0.717) is 11.4 Å². The third-order valence-corrected chi connectivity index (χ3v) is 3.29. The molecule has 0 radical (unpaired) electrons. The summed E-state index contributed by atoms with van der Waals surface area (Å²) >= 11 is 0. The summed E-state index contributed by atoms with van der Waals surface area (Å²) in [5, 5.41) is 12.4. The Morgan fingerprint density at radius 2 is 2.25 bits per heavy atom. The number of benzene rings is 1. The van der Waals surface area contributed by atoms with Crippen molar-refractivity contribution < 1.29 is 4.39 Å². The number of nitriles is 1. The van der Waals surface area contributed by atoms with E-state index >= 15 is 0 Å². The highest BCUT2D eigenvalue weighted by atomic mass is 19.1. The molecule has 0 bridgehead atoms. The maximum absolute atomic E-state index is 13.9. The second-order valence-corrected chi connectivity index (χ2v) is 4.67. The van der Waals surface area contributed by atoms with Crippen molar-refractivity contribution in [3.05, 3.63) is 47.3 Å². The van der Waals surface area contributed by atoms with Crippen molar-refractivity contribution in [2.24, 2.45) is 0 Å². The van der Waals surface area contributed by atoms with Crippen molar-refractivity contribution >= 4 is 0 Å². The summed E-state index contributed by atoms with van der Waals surface area (Å²) in [6, 6.07) is 5.31. The molecule has 1 aromatic heterocycles. The predicted molar refractivity (Wildman–Crippen MR) is 75.1 cm³/mol. The molecule has 0 amide bonds. The molecule has 1 heterocycles. The number of rotatable bonds is 4. The van der Waals surface area contributed by atoms with E-state index in [1.54, 1.807) is 30.0 Å². The zero-order valence-electron chi connectivity index (χ0n) is 11.8. The summed E-state index contributed by atoms with van der Waals surface area (Å²) in [5.41, 5.74) is 2.14. The van der Waals surface area contributed by atoms with Gasteiger partial charge in [-0.3, -0.25) is 4.57 Å². The molecule has 0 aliphatic carbocycles. The van der Waals surface area contributed by atoms with Gasteiger partial charge in [0.25, 0.3) is 0 Å². The Morgan fingerprint density at radius 1 is 1.50 bits per heavy atom. The van der Waals surface area contributed by atoms with Crippen molar-refractivity contribution in [1.82, 2.24) is 14.9 Å². The van der Waals surface area contributed by atoms with Gasteiger partial charge in [0.05, 0.1) is 5.69 Å². The maximum Gasteiger partial charge on any atom is 0.217 e. The minimum absolute atomic E-state index is 0.0148. The Bertz CT molecular complexity index is 654. The van der Waals surface area contributed by atoms with E-state index in [4.69, 9.17) is 5.26 Å². The molecular weight excluding hydrogens is 255 g/mol. The van der Waals surface area contributed by atoms with Crippen molar-refractivity contribution in [2.75, 3.05) is 6.54 Å². The third-order valence-electron chi connectivity index (χ3n) is 3.29. The second-order valence-electron chi connectivity index (χ2n) is 4.67. The van der Waals surface area contributed by atoms with Crippen LogP contribution in [0.2, 0.25) is 0 Å². The van der Waals surface area contributed by atoms with E-state index in [0.717, 1.165) is 17.8 Å². The van der Waals surface area contributed by atoms with Crippen molar-refractivity contribution in [3.8, 4) is 11.8 Å². The van der Waals surface area contributed by atoms with Crippen molar-refractivity contribution in [1.29, 1.82) is 5.26 Å². The molecule has 5 heteroatoms. The molecule has 0 aliphatic heterocycles. The molecule has 2 aromatic rings. The molecule has 1 aromatic carbocycles. The molecule has 0 spiro atoms. The van der Waals surface area contributed by atoms with Gasteiger partial charge in [0.15, 0.2) is 0 Å². The number of imidazole rings is 1. The summed E-state index contributed by atoms with van der Waals surface area (Å²) in [5.74, 6) is 0.0492. The third kappa shape index (κ3) is 2.56. The van der Waals surface area contributed by atoms with Gasteiger partial charge in [-0.15, -0.1) is 0 Å². The lowest BCUT2D eigenvalue weighted by atomic mass is 10.0. The van der Waals surface area contributed by atoms with E-state index in [2.05, 4.69) is 10.3 Å². The van der Waals surface area contributed by atoms with Crippen molar-refractivity contribution in [2.45, 2.75) is 26.8 Å². The lowest BCUT2D eigenvalue weighted by molar-refractivity contribution is 0.577. The second kappa shape index (κ2) is 5.85. The largest absolute Gasteiger partial charge is 0.310 e. The molecule has 0 fully saturated rings. The van der Waals surface area contributed by atoms with E-state index < -0.39 is 0 Å². The normalized spacial score (nSPS) is 12.2. The van der Waals surface area contributed by atoms with E-state index in [1.165, 1.54) is 6.07 Å². The zero-order valence-corrected chi connectivity index (χ0v) is 11.8. The minimum Gasteiger partial charge on any atom is -0.310 e. The van der Waals surface area contributed by atoms with Crippen LogP contribution in [0.4, 0.5) is 4.39 Å². The molecule has 0 saturated carbocycles. The first-order chi connectivity index (χ1) is 9.58. The number of aryl methyl sites for hydroxylation is 1. The van der Waals surface area contributed by atoms with Crippen LogP contribution in [-0.2, 0) is 0 Å². The number of hydrogen-bond acceptors (Lipinski definition) is 3. The SMILES string of the molecule is CCNC(C)c1cc(F)c(C)cc1-n1ccnc1C#N. The number of aromatic nitrogens is 2. The number of hydrogen-bond donors (Lipinski definition) is 1. The molecule has 104 valence electrons. The number of halogens is 1. The molecule has 1 unspecified atom stereocenters. The van der Waals surface area contributed by atoms with E-state index in [-0.39, 0.29) is 11.9 Å². The highest BCUT2D eigenvalue weighted by molar-refractivity contribution is 5.48. The van der Waals surface area contributed by atoms with Crippen LogP contribution < -0.4 is 5.32 Å². The Balaban J connectivity index is 2.62. The van der Waals surface area contributed by atoms with Crippen LogP contribution in [0.3, 0.4) is 0 Å². The summed E-state index contributed by atoms with van der Waals surface area (Å²) < 4.78 is 15.6. The van der Waals surface area contributed by atoms with Crippen LogP contribution in [0, 0.1) is 24.1 Å². The number of nitrogens with zero attached hydrogens (tertiary/aromatic N) is 3. The highest BCUT2D eigenvalue weighted by Crippen LogP contribution is 2.26. The highest BCUT2D eigenvalue weighted by Gasteiger charge is 2.16. The fourth-order valence-electron chi connectivity index (χ4n) is 2.23. The molecule has 4 nitrogen and oxygen atoms in total. The summed E-state index contributed by atoms with van der Waals surface area (Å²) in [6.07, 6.45) is 3.28. The first-order valence-electron chi connectivity index (χ1n) is 6.55. The molecule has 0 saturated heterocycles. The Labute approximate surface area is 117 Å². The Kier molecular flexibility index (Phi) is 4.16. The monoisotopic (exact) mass is 272 g/mol. The standard InChI is InChI=1S/C15H17FN4/c1-4-18-11(3)12-8-13(16)10(2)7-14(12)20-6-5-19-15(20)9-17/h5-8,11,18H,4H2,1-3H3. The summed E-state index contributed by atoms with van der Waals surface area (Å²) in [4.78, 5) is 4.00. The lowest BCUT2D eigenvalue weighted by Crippen LogP contribution is -2.20. The van der Waals surface area contributed by atoms with Crippen molar-refractivity contribution in [3.63, 3.8) is 0 Å². The fourth-order valence-corrected chi connectivity index (χ4v) is 2.23. The van der Waals surface area contributed by atoms with Crippen LogP contribution in [0.15, 0.2) is 24.5 Å². The van der Waals surface area contributed by atoms with Crippen LogP contribution in [-0.4, -0.2) is 16.1 Å². The summed E-state index contributed by atoms with van der Waals surface area (Å²) in [7, 11) is 0. The van der Waals surface area contributed by atoms with E-state index in [9.17, 15) is 4.39 Å². The zero-order chi connectivity index (χ0) is 14.7. The Morgan fingerprint density at radius 3 is 2.90 bits per heavy atom. The van der Waals surface area contributed by atoms with Gasteiger partial charge >= 0.3 is 0 Å². The fraction of sp³-hybridized carbons (Fsp3) is 0.333. The lowest BCUT2D eigenvalue weighted by Gasteiger charge is -2.19. The maximum atomic E-state index is 13.9. The average molecular weight is 272 g/mol.